The predicted octanol–water partition coefficient (Wildman–Crippen LogP) is 12.7. The molecule has 0 aliphatic carbocycles. The van der Waals surface area contributed by atoms with Crippen LogP contribution in [0, 0.1) is 0 Å². The minimum Gasteiger partial charge on any atom is -0.493 e. The molecule has 298 valence electrons. The van der Waals surface area contributed by atoms with Crippen molar-refractivity contribution in [2.75, 3.05) is 27.3 Å². The summed E-state index contributed by atoms with van der Waals surface area (Å²) in [4.78, 5) is 23.2. The first kappa shape index (κ1) is 47.2. The number of aliphatic carboxylic acids is 2. The molecular weight excluding hydrogens is 650 g/mol. The summed E-state index contributed by atoms with van der Waals surface area (Å²) in [5.74, 6) is 0.478. The highest BCUT2D eigenvalue weighted by Gasteiger charge is 2.06. The zero-order valence-corrected chi connectivity index (χ0v) is 33.4. The number of carbonyl (C=O) groups is 2. The molecule has 1 aromatic rings. The first-order chi connectivity index (χ1) is 25.4. The van der Waals surface area contributed by atoms with Gasteiger partial charge in [0.05, 0.1) is 13.2 Å². The number of unbranched alkanes of at least 4 members (excludes halogenated alkanes) is 22. The second kappa shape index (κ2) is 35.2. The molecule has 0 fully saturated rings. The minimum absolute atomic E-state index is 0.304. The molecule has 0 aliphatic rings. The summed E-state index contributed by atoms with van der Waals surface area (Å²) in [7, 11) is 4.19. The molecule has 0 aromatic heterocycles. The van der Waals surface area contributed by atoms with E-state index in [2.05, 4.69) is 61.5 Å². The van der Waals surface area contributed by atoms with Crippen molar-refractivity contribution in [3.63, 3.8) is 0 Å². The van der Waals surface area contributed by atoms with Gasteiger partial charge in [0.15, 0.2) is 0 Å². The van der Waals surface area contributed by atoms with Gasteiger partial charge in [-0.15, -0.1) is 0 Å². The zero-order valence-electron chi connectivity index (χ0n) is 33.4. The van der Waals surface area contributed by atoms with E-state index in [1.165, 1.54) is 108 Å². The number of allylic oxidation sites excluding steroid dienone is 4. The molecule has 0 atom stereocenters. The van der Waals surface area contributed by atoms with E-state index in [0.29, 0.717) is 12.8 Å². The van der Waals surface area contributed by atoms with Crippen molar-refractivity contribution in [1.82, 2.24) is 4.90 Å². The lowest BCUT2D eigenvalue weighted by molar-refractivity contribution is -0.138. The Balaban J connectivity index is 2.06. The van der Waals surface area contributed by atoms with Crippen LogP contribution < -0.4 is 9.47 Å². The third-order valence-electron chi connectivity index (χ3n) is 9.36. The molecule has 0 radical (unpaired) electrons. The van der Waals surface area contributed by atoms with Crippen LogP contribution in [0.3, 0.4) is 0 Å². The molecule has 0 saturated carbocycles. The molecule has 0 unspecified atom stereocenters. The molecule has 52 heavy (non-hydrogen) atoms. The van der Waals surface area contributed by atoms with E-state index in [1.54, 1.807) is 0 Å². The second-order valence-electron chi connectivity index (χ2n) is 14.9. The van der Waals surface area contributed by atoms with Crippen molar-refractivity contribution < 1.29 is 29.3 Å². The number of hydrogen-bond donors (Lipinski definition) is 2. The van der Waals surface area contributed by atoms with E-state index >= 15 is 0 Å². The summed E-state index contributed by atoms with van der Waals surface area (Å²) in [6, 6.07) is 6.38. The summed E-state index contributed by atoms with van der Waals surface area (Å²) in [5, 5.41) is 17.3. The minimum atomic E-state index is -0.681. The lowest BCUT2D eigenvalue weighted by Crippen LogP contribution is -2.11. The van der Waals surface area contributed by atoms with Crippen molar-refractivity contribution >= 4 is 11.9 Å². The quantitative estimate of drug-likeness (QED) is 0.0517. The zero-order chi connectivity index (χ0) is 37.7. The van der Waals surface area contributed by atoms with E-state index in [4.69, 9.17) is 19.7 Å². The average molecular weight is 728 g/mol. The Morgan fingerprint density at radius 2 is 0.788 bits per heavy atom. The van der Waals surface area contributed by atoms with E-state index in [9.17, 15) is 9.59 Å². The van der Waals surface area contributed by atoms with Gasteiger partial charge >= 0.3 is 11.9 Å². The third kappa shape index (κ3) is 33.1. The van der Waals surface area contributed by atoms with Crippen molar-refractivity contribution in [1.29, 1.82) is 0 Å². The van der Waals surface area contributed by atoms with Crippen LogP contribution in [0.4, 0.5) is 0 Å². The van der Waals surface area contributed by atoms with E-state index < -0.39 is 11.9 Å². The molecule has 0 bridgehead atoms. The van der Waals surface area contributed by atoms with Gasteiger partial charge in [-0.25, -0.2) is 0 Å². The largest absolute Gasteiger partial charge is 0.493 e. The van der Waals surface area contributed by atoms with E-state index in [0.717, 1.165) is 95.5 Å². The van der Waals surface area contributed by atoms with E-state index in [1.807, 2.05) is 0 Å². The Hall–Kier alpha value is -2.80. The number of nitrogens with zero attached hydrogens (tertiary/aromatic N) is 1. The van der Waals surface area contributed by atoms with Crippen LogP contribution >= 0.6 is 0 Å². The lowest BCUT2D eigenvalue weighted by Gasteiger charge is -2.15. The second-order valence-corrected chi connectivity index (χ2v) is 14.9. The highest BCUT2D eigenvalue weighted by Crippen LogP contribution is 2.25. The average Bonchev–Trinajstić information content (AvgIpc) is 3.10. The van der Waals surface area contributed by atoms with Crippen molar-refractivity contribution in [2.45, 2.75) is 186 Å². The molecule has 0 aliphatic heterocycles. The van der Waals surface area contributed by atoms with Crippen LogP contribution in [0.5, 0.6) is 11.5 Å². The van der Waals surface area contributed by atoms with Gasteiger partial charge in [-0.3, -0.25) is 9.59 Å². The first-order valence-corrected chi connectivity index (χ1v) is 21.1. The van der Waals surface area contributed by atoms with Crippen LogP contribution in [0.2, 0.25) is 0 Å². The van der Waals surface area contributed by atoms with Gasteiger partial charge in [0.2, 0.25) is 0 Å². The van der Waals surface area contributed by atoms with Gasteiger partial charge in [0, 0.05) is 25.5 Å². The van der Waals surface area contributed by atoms with Gasteiger partial charge in [-0.2, -0.15) is 0 Å². The Kier molecular flexibility index (Phi) is 32.0. The highest BCUT2D eigenvalue weighted by molar-refractivity contribution is 5.66. The van der Waals surface area contributed by atoms with Crippen LogP contribution in [0.25, 0.3) is 0 Å². The number of ether oxygens (including phenoxy) is 2. The molecule has 7 nitrogen and oxygen atoms in total. The van der Waals surface area contributed by atoms with Crippen LogP contribution in [0.15, 0.2) is 42.5 Å². The van der Waals surface area contributed by atoms with Crippen LogP contribution in [-0.2, 0) is 16.1 Å². The van der Waals surface area contributed by atoms with Crippen LogP contribution in [-0.4, -0.2) is 54.4 Å². The van der Waals surface area contributed by atoms with Gasteiger partial charge in [-0.05, 0) is 109 Å². The lowest BCUT2D eigenvalue weighted by atomic mass is 10.1. The molecule has 1 rings (SSSR count). The summed E-state index contributed by atoms with van der Waals surface area (Å²) in [6.07, 6.45) is 40.2. The fraction of sp³-hybridized carbons (Fsp3) is 0.733. The van der Waals surface area contributed by atoms with Crippen LogP contribution in [0.1, 0.15) is 185 Å². The molecule has 0 amide bonds. The number of rotatable bonds is 38. The topological polar surface area (TPSA) is 96.3 Å². The number of benzene rings is 1. The van der Waals surface area contributed by atoms with Crippen molar-refractivity contribution in [2.24, 2.45) is 0 Å². The summed E-state index contributed by atoms with van der Waals surface area (Å²) in [6.45, 7) is 2.37. The molecule has 0 heterocycles. The van der Waals surface area contributed by atoms with Gasteiger partial charge < -0.3 is 24.6 Å². The fourth-order valence-corrected chi connectivity index (χ4v) is 6.39. The summed E-state index contributed by atoms with van der Waals surface area (Å²) >= 11 is 0. The molecular formula is C45H77NO6. The van der Waals surface area contributed by atoms with E-state index in [-0.39, 0.29) is 0 Å². The summed E-state index contributed by atoms with van der Waals surface area (Å²) < 4.78 is 12.4. The first-order valence-electron chi connectivity index (χ1n) is 21.1. The molecule has 2 N–H and O–H groups in total. The SMILES string of the molecule is CN(C)Cc1cc(OCCCCCCCCC/C=C\CCCCCCC(=O)O)cc(OCCCCCCCCC/C=C\CCCCCCC(=O)O)c1. The highest BCUT2D eigenvalue weighted by atomic mass is 16.5. The molecule has 0 saturated heterocycles. The maximum atomic E-state index is 10.5. The number of hydrogen-bond acceptors (Lipinski definition) is 5. The van der Waals surface area contributed by atoms with Gasteiger partial charge in [0.1, 0.15) is 11.5 Å². The van der Waals surface area contributed by atoms with Gasteiger partial charge in [-0.1, -0.05) is 114 Å². The summed E-state index contributed by atoms with van der Waals surface area (Å²) in [5.41, 5.74) is 1.23. The van der Waals surface area contributed by atoms with Gasteiger partial charge in [0.25, 0.3) is 0 Å². The molecule has 7 heteroatoms. The maximum Gasteiger partial charge on any atom is 0.303 e. The Labute approximate surface area is 318 Å². The molecule has 1 aromatic carbocycles. The smallest absolute Gasteiger partial charge is 0.303 e. The normalized spacial score (nSPS) is 11.7. The maximum absolute atomic E-state index is 10.5. The van der Waals surface area contributed by atoms with Crippen molar-refractivity contribution in [3.8, 4) is 11.5 Å². The Morgan fingerprint density at radius 1 is 0.481 bits per heavy atom. The predicted molar refractivity (Wildman–Crippen MR) is 218 cm³/mol. The van der Waals surface area contributed by atoms with Crippen molar-refractivity contribution in [3.05, 3.63) is 48.1 Å². The third-order valence-corrected chi connectivity index (χ3v) is 9.36. The number of carboxylic acids is 2. The monoisotopic (exact) mass is 728 g/mol. The number of carboxylic acid groups (broad SMARTS) is 2. The standard InChI is InChI=1S/C45H77NO6/c1-46(2)40-41-37-42(51-35-31-27-23-19-15-11-7-3-5-9-13-17-21-25-29-33-44(47)48)39-43(38-41)52-36-32-28-24-20-16-12-8-4-6-10-14-18-22-26-30-34-45(49)50/h5-6,9-10,37-39H,3-4,7-8,11-36,40H2,1-2H3,(H,47,48)(H,49,50)/b9-5-,10-6-. The fourth-order valence-electron chi connectivity index (χ4n) is 6.39. The molecule has 0 spiro atoms. The Bertz CT molecular complexity index is 978. The Morgan fingerprint density at radius 3 is 1.12 bits per heavy atom.